The highest BCUT2D eigenvalue weighted by Crippen LogP contribution is 2.35. The lowest BCUT2D eigenvalue weighted by Gasteiger charge is -2.45. The molecule has 1 amide bonds. The van der Waals surface area contributed by atoms with Crippen LogP contribution in [0, 0.1) is 11.8 Å². The van der Waals surface area contributed by atoms with E-state index in [2.05, 4.69) is 13.8 Å². The summed E-state index contributed by atoms with van der Waals surface area (Å²) in [5.74, 6) is -0.143. The highest BCUT2D eigenvalue weighted by atomic mass is 16.5. The Labute approximate surface area is 120 Å². The molecule has 3 atom stereocenters. The summed E-state index contributed by atoms with van der Waals surface area (Å²) in [7, 11) is 1.41. The van der Waals surface area contributed by atoms with Crippen LogP contribution in [0.1, 0.15) is 39.5 Å². The maximum absolute atomic E-state index is 12.7. The topological polar surface area (TPSA) is 55.8 Å². The third-order valence-electron chi connectivity index (χ3n) is 4.87. The van der Waals surface area contributed by atoms with Gasteiger partial charge >= 0.3 is 5.97 Å². The van der Waals surface area contributed by atoms with E-state index in [0.29, 0.717) is 26.2 Å². The number of carbonyl (C=O) groups excluding carboxylic acids is 2. The summed E-state index contributed by atoms with van der Waals surface area (Å²) < 4.78 is 10.3. The van der Waals surface area contributed by atoms with Gasteiger partial charge < -0.3 is 14.4 Å². The van der Waals surface area contributed by atoms with Gasteiger partial charge in [-0.15, -0.1) is 0 Å². The van der Waals surface area contributed by atoms with E-state index in [4.69, 9.17) is 9.47 Å². The van der Waals surface area contributed by atoms with E-state index in [9.17, 15) is 9.59 Å². The molecule has 5 nitrogen and oxygen atoms in total. The lowest BCUT2D eigenvalue weighted by Crippen LogP contribution is -2.58. The van der Waals surface area contributed by atoms with Crippen LogP contribution in [0.4, 0.5) is 0 Å². The normalized spacial score (nSPS) is 34.0. The van der Waals surface area contributed by atoms with Gasteiger partial charge in [-0.3, -0.25) is 9.59 Å². The van der Waals surface area contributed by atoms with E-state index in [0.717, 1.165) is 19.3 Å². The molecule has 0 bridgehead atoms. The first-order valence-corrected chi connectivity index (χ1v) is 7.49. The first-order valence-electron chi connectivity index (χ1n) is 7.49. The molecular formula is C15H25NO4. The van der Waals surface area contributed by atoms with Gasteiger partial charge in [0.15, 0.2) is 0 Å². The number of carbonyl (C=O) groups is 2. The van der Waals surface area contributed by atoms with Gasteiger partial charge in [-0.1, -0.05) is 6.92 Å². The maximum atomic E-state index is 12.7. The van der Waals surface area contributed by atoms with Crippen molar-refractivity contribution in [2.24, 2.45) is 11.8 Å². The van der Waals surface area contributed by atoms with E-state index < -0.39 is 0 Å². The van der Waals surface area contributed by atoms with Crippen molar-refractivity contribution in [1.29, 1.82) is 0 Å². The van der Waals surface area contributed by atoms with Crippen LogP contribution in [-0.4, -0.2) is 49.2 Å². The van der Waals surface area contributed by atoms with Crippen LogP contribution in [0.3, 0.4) is 0 Å². The summed E-state index contributed by atoms with van der Waals surface area (Å²) in [6, 6.07) is 0. The summed E-state index contributed by atoms with van der Waals surface area (Å²) in [4.78, 5) is 26.3. The third-order valence-corrected chi connectivity index (χ3v) is 4.87. The second-order valence-corrected chi connectivity index (χ2v) is 6.12. The van der Waals surface area contributed by atoms with Gasteiger partial charge in [-0.25, -0.2) is 0 Å². The average Bonchev–Trinajstić information content (AvgIpc) is 2.96. The van der Waals surface area contributed by atoms with Crippen LogP contribution in [0.25, 0.3) is 0 Å². The number of methoxy groups -OCH3 is 1. The standard InChI is InChI=1S/C15H25NO4/c1-4-15(2)10-20-8-7-16(15)13(17)11-5-6-12(9-11)14(18)19-3/h11-12H,4-10H2,1-3H3/t11-,12+,15?/m1/s1. The van der Waals surface area contributed by atoms with Gasteiger partial charge in [-0.2, -0.15) is 0 Å². The summed E-state index contributed by atoms with van der Waals surface area (Å²) in [6.07, 6.45) is 3.06. The Bertz CT molecular complexity index is 384. The molecule has 0 spiro atoms. The zero-order chi connectivity index (χ0) is 14.8. The van der Waals surface area contributed by atoms with Crippen LogP contribution < -0.4 is 0 Å². The Hall–Kier alpha value is -1.10. The zero-order valence-electron chi connectivity index (χ0n) is 12.7. The number of morpholine rings is 1. The monoisotopic (exact) mass is 283 g/mol. The lowest BCUT2D eigenvalue weighted by atomic mass is 9.93. The van der Waals surface area contributed by atoms with E-state index in [1.54, 1.807) is 0 Å². The Morgan fingerprint density at radius 1 is 1.35 bits per heavy atom. The van der Waals surface area contributed by atoms with Crippen molar-refractivity contribution < 1.29 is 19.1 Å². The van der Waals surface area contributed by atoms with Crippen LogP contribution in [0.2, 0.25) is 0 Å². The number of amides is 1. The number of nitrogens with zero attached hydrogens (tertiary/aromatic N) is 1. The molecule has 5 heteroatoms. The van der Waals surface area contributed by atoms with Gasteiger partial charge in [0.25, 0.3) is 0 Å². The molecule has 1 saturated heterocycles. The predicted octanol–water partition coefficient (Wildman–Crippen LogP) is 1.60. The van der Waals surface area contributed by atoms with E-state index in [1.807, 2.05) is 4.90 Å². The predicted molar refractivity (Wildman–Crippen MR) is 74.1 cm³/mol. The molecule has 20 heavy (non-hydrogen) atoms. The number of esters is 1. The van der Waals surface area contributed by atoms with Crippen molar-refractivity contribution >= 4 is 11.9 Å². The fourth-order valence-corrected chi connectivity index (χ4v) is 3.27. The fourth-order valence-electron chi connectivity index (χ4n) is 3.27. The largest absolute Gasteiger partial charge is 0.469 e. The van der Waals surface area contributed by atoms with E-state index in [1.165, 1.54) is 7.11 Å². The van der Waals surface area contributed by atoms with Gasteiger partial charge in [-0.05, 0) is 32.6 Å². The zero-order valence-corrected chi connectivity index (χ0v) is 12.7. The molecule has 1 unspecified atom stereocenters. The van der Waals surface area contributed by atoms with Crippen LogP contribution in [0.5, 0.6) is 0 Å². The second-order valence-electron chi connectivity index (χ2n) is 6.12. The summed E-state index contributed by atoms with van der Waals surface area (Å²) in [5.41, 5.74) is -0.210. The summed E-state index contributed by atoms with van der Waals surface area (Å²) in [5, 5.41) is 0. The third kappa shape index (κ3) is 2.82. The van der Waals surface area contributed by atoms with Crippen molar-refractivity contribution in [3.05, 3.63) is 0 Å². The van der Waals surface area contributed by atoms with Crippen LogP contribution in [0.15, 0.2) is 0 Å². The Kier molecular flexibility index (Phi) is 4.68. The molecule has 2 rings (SSSR count). The minimum atomic E-state index is -0.210. The molecule has 114 valence electrons. The molecule has 2 fully saturated rings. The number of hydrogen-bond donors (Lipinski definition) is 0. The van der Waals surface area contributed by atoms with Gasteiger partial charge in [0, 0.05) is 12.5 Å². The molecule has 0 N–H and O–H groups in total. The molecule has 0 radical (unpaired) electrons. The van der Waals surface area contributed by atoms with Crippen LogP contribution >= 0.6 is 0 Å². The quantitative estimate of drug-likeness (QED) is 0.738. The first-order chi connectivity index (χ1) is 9.51. The van der Waals surface area contributed by atoms with Gasteiger partial charge in [0.2, 0.25) is 5.91 Å². The van der Waals surface area contributed by atoms with Crippen molar-refractivity contribution in [3.63, 3.8) is 0 Å². The Balaban J connectivity index is 2.02. The number of rotatable bonds is 3. The first kappa shape index (κ1) is 15.3. The summed E-state index contributed by atoms with van der Waals surface area (Å²) in [6.45, 7) is 6.02. The van der Waals surface area contributed by atoms with Crippen molar-refractivity contribution in [2.75, 3.05) is 26.9 Å². The highest BCUT2D eigenvalue weighted by Gasteiger charge is 2.42. The fraction of sp³-hybridized carbons (Fsp3) is 0.867. The highest BCUT2D eigenvalue weighted by molar-refractivity contribution is 5.82. The van der Waals surface area contributed by atoms with Gasteiger partial charge in [0.1, 0.15) is 0 Å². The number of hydrogen-bond acceptors (Lipinski definition) is 4. The summed E-state index contributed by atoms with van der Waals surface area (Å²) >= 11 is 0. The molecule has 1 saturated carbocycles. The molecule has 2 aliphatic rings. The van der Waals surface area contributed by atoms with E-state index >= 15 is 0 Å². The molecule has 0 aromatic heterocycles. The van der Waals surface area contributed by atoms with Crippen molar-refractivity contribution in [3.8, 4) is 0 Å². The molecule has 0 aromatic carbocycles. The minimum Gasteiger partial charge on any atom is -0.469 e. The van der Waals surface area contributed by atoms with E-state index in [-0.39, 0.29) is 29.3 Å². The second kappa shape index (κ2) is 6.12. The minimum absolute atomic E-state index is 0.0388. The van der Waals surface area contributed by atoms with Crippen molar-refractivity contribution in [1.82, 2.24) is 4.90 Å². The molecule has 1 aliphatic carbocycles. The molecule has 1 heterocycles. The molecular weight excluding hydrogens is 258 g/mol. The number of ether oxygens (including phenoxy) is 2. The molecule has 1 aliphatic heterocycles. The average molecular weight is 283 g/mol. The molecule has 0 aromatic rings. The van der Waals surface area contributed by atoms with Crippen LogP contribution in [-0.2, 0) is 19.1 Å². The smallest absolute Gasteiger partial charge is 0.308 e. The van der Waals surface area contributed by atoms with Crippen molar-refractivity contribution in [2.45, 2.75) is 45.1 Å². The Morgan fingerprint density at radius 3 is 2.70 bits per heavy atom. The SMILES string of the molecule is CCC1(C)COCCN1C(=O)[C@@H]1CC[C@H](C(=O)OC)C1. The Morgan fingerprint density at radius 2 is 2.05 bits per heavy atom. The van der Waals surface area contributed by atoms with Gasteiger partial charge in [0.05, 0.1) is 31.8 Å². The lowest BCUT2D eigenvalue weighted by molar-refractivity contribution is -0.152. The maximum Gasteiger partial charge on any atom is 0.308 e.